The standard InChI is InChI=1S/C14H17N3O3S/c18-9-10-4-3-5-17(10)14-15-8-11(13(19)20)12(16-14)21-6-1-2-7-21/h1-2,6-8,10,18,21H,3-5,9H2,(H,19,20)/t10-/m0/s1. The Hall–Kier alpha value is -1.86. The van der Waals surface area contributed by atoms with Crippen molar-refractivity contribution < 1.29 is 15.0 Å². The third kappa shape index (κ3) is 2.66. The molecule has 2 N–H and O–H groups in total. The summed E-state index contributed by atoms with van der Waals surface area (Å²) in [6, 6.07) is 0.0240. The number of anilines is 1. The number of aliphatic hydroxyl groups excluding tert-OH is 1. The SMILES string of the molecule is O=C(O)c1cnc(N2CCC[C@H]2CO)nc1[SH]1C=CC=C1. The van der Waals surface area contributed by atoms with Crippen molar-refractivity contribution in [2.75, 3.05) is 18.1 Å². The quantitative estimate of drug-likeness (QED) is 0.578. The lowest BCUT2D eigenvalue weighted by atomic mass is 10.2. The molecule has 2 aliphatic heterocycles. The molecule has 0 amide bonds. The Balaban J connectivity index is 2.00. The number of carboxylic acid groups (broad SMARTS) is 1. The largest absolute Gasteiger partial charge is 0.478 e. The van der Waals surface area contributed by atoms with E-state index >= 15 is 0 Å². The second kappa shape index (κ2) is 5.87. The van der Waals surface area contributed by atoms with Gasteiger partial charge in [-0.25, -0.2) is 14.8 Å². The van der Waals surface area contributed by atoms with Gasteiger partial charge in [-0.3, -0.25) is 0 Å². The number of aliphatic hydroxyl groups is 1. The van der Waals surface area contributed by atoms with Gasteiger partial charge in [0.15, 0.2) is 0 Å². The van der Waals surface area contributed by atoms with Gasteiger partial charge in [0.05, 0.1) is 12.6 Å². The van der Waals surface area contributed by atoms with Crippen LogP contribution in [0.3, 0.4) is 0 Å². The van der Waals surface area contributed by atoms with Gasteiger partial charge in [0.25, 0.3) is 0 Å². The van der Waals surface area contributed by atoms with E-state index in [2.05, 4.69) is 9.97 Å². The van der Waals surface area contributed by atoms with E-state index in [1.165, 1.54) is 6.20 Å². The van der Waals surface area contributed by atoms with Crippen molar-refractivity contribution in [3.8, 4) is 0 Å². The van der Waals surface area contributed by atoms with Crippen molar-refractivity contribution in [3.63, 3.8) is 0 Å². The topological polar surface area (TPSA) is 86.5 Å². The summed E-state index contributed by atoms with van der Waals surface area (Å²) >= 11 is 0. The molecule has 112 valence electrons. The molecule has 1 atom stereocenters. The number of thiol groups is 1. The molecule has 1 aromatic rings. The highest BCUT2D eigenvalue weighted by atomic mass is 32.2. The molecule has 7 heteroatoms. The van der Waals surface area contributed by atoms with Crippen LogP contribution in [-0.4, -0.2) is 45.3 Å². The van der Waals surface area contributed by atoms with Crippen LogP contribution >= 0.6 is 10.9 Å². The second-order valence-electron chi connectivity index (χ2n) is 4.97. The number of carboxylic acids is 1. The number of aromatic nitrogens is 2. The summed E-state index contributed by atoms with van der Waals surface area (Å²) in [4.78, 5) is 22.0. The van der Waals surface area contributed by atoms with Crippen LogP contribution in [-0.2, 0) is 0 Å². The minimum atomic E-state index is -1.01. The van der Waals surface area contributed by atoms with Crippen LogP contribution in [0.25, 0.3) is 0 Å². The lowest BCUT2D eigenvalue weighted by molar-refractivity contribution is 0.0691. The normalized spacial score (nSPS) is 22.2. The molecule has 3 heterocycles. The summed E-state index contributed by atoms with van der Waals surface area (Å²) in [6.07, 6.45) is 7.09. The molecule has 2 aliphatic rings. The number of allylic oxidation sites excluding steroid dienone is 2. The van der Waals surface area contributed by atoms with Crippen molar-refractivity contribution in [3.05, 3.63) is 34.7 Å². The fourth-order valence-electron chi connectivity index (χ4n) is 2.61. The minimum absolute atomic E-state index is 0.0240. The fraction of sp³-hybridized carbons (Fsp3) is 0.357. The molecule has 0 aromatic carbocycles. The first-order chi connectivity index (χ1) is 10.2. The summed E-state index contributed by atoms with van der Waals surface area (Å²) in [5.41, 5.74) is 0.154. The van der Waals surface area contributed by atoms with Crippen LogP contribution in [0.2, 0.25) is 0 Å². The van der Waals surface area contributed by atoms with Gasteiger partial charge in [-0.1, -0.05) is 12.2 Å². The lowest BCUT2D eigenvalue weighted by Gasteiger charge is -2.24. The Labute approximate surface area is 125 Å². The molecular weight excluding hydrogens is 290 g/mol. The van der Waals surface area contributed by atoms with E-state index in [1.807, 2.05) is 27.9 Å². The van der Waals surface area contributed by atoms with Gasteiger partial charge in [-0.15, -0.1) is 0 Å². The highest BCUT2D eigenvalue weighted by Crippen LogP contribution is 2.43. The third-order valence-corrected chi connectivity index (χ3v) is 5.50. The van der Waals surface area contributed by atoms with Gasteiger partial charge in [-0.2, -0.15) is 10.9 Å². The van der Waals surface area contributed by atoms with Crippen LogP contribution < -0.4 is 4.90 Å². The highest BCUT2D eigenvalue weighted by molar-refractivity contribution is 8.22. The molecule has 0 unspecified atom stereocenters. The maximum absolute atomic E-state index is 11.4. The van der Waals surface area contributed by atoms with Crippen molar-refractivity contribution in [1.29, 1.82) is 0 Å². The van der Waals surface area contributed by atoms with E-state index < -0.39 is 16.9 Å². The minimum Gasteiger partial charge on any atom is -0.478 e. The van der Waals surface area contributed by atoms with Crippen molar-refractivity contribution in [1.82, 2.24) is 9.97 Å². The van der Waals surface area contributed by atoms with E-state index in [-0.39, 0.29) is 18.2 Å². The molecule has 21 heavy (non-hydrogen) atoms. The predicted molar refractivity (Wildman–Crippen MR) is 82.0 cm³/mol. The first kappa shape index (κ1) is 14.1. The Morgan fingerprint density at radius 2 is 2.19 bits per heavy atom. The smallest absolute Gasteiger partial charge is 0.339 e. The third-order valence-electron chi connectivity index (χ3n) is 3.68. The molecule has 1 aromatic heterocycles. The van der Waals surface area contributed by atoms with Gasteiger partial charge in [0, 0.05) is 12.7 Å². The summed E-state index contributed by atoms with van der Waals surface area (Å²) < 4.78 is 0. The number of rotatable bonds is 4. The summed E-state index contributed by atoms with van der Waals surface area (Å²) in [6.45, 7) is 0.856. The number of nitrogens with zero attached hydrogens (tertiary/aromatic N) is 3. The second-order valence-corrected chi connectivity index (χ2v) is 6.81. The zero-order chi connectivity index (χ0) is 14.8. The average Bonchev–Trinajstić information content (AvgIpc) is 3.17. The highest BCUT2D eigenvalue weighted by Gasteiger charge is 2.27. The first-order valence-electron chi connectivity index (χ1n) is 6.82. The molecule has 1 saturated heterocycles. The molecule has 0 radical (unpaired) electrons. The van der Waals surface area contributed by atoms with Crippen molar-refractivity contribution in [2.45, 2.75) is 23.9 Å². The Morgan fingerprint density at radius 1 is 1.43 bits per heavy atom. The van der Waals surface area contributed by atoms with Gasteiger partial charge in [-0.05, 0) is 23.7 Å². The average molecular weight is 307 g/mol. The van der Waals surface area contributed by atoms with Gasteiger partial charge in [0.2, 0.25) is 5.95 Å². The fourth-order valence-corrected chi connectivity index (χ4v) is 4.20. The molecule has 0 saturated carbocycles. The van der Waals surface area contributed by atoms with Crippen molar-refractivity contribution >= 4 is 22.8 Å². The molecule has 3 rings (SSSR count). The molecule has 0 spiro atoms. The van der Waals surface area contributed by atoms with Crippen LogP contribution in [0, 0.1) is 0 Å². The van der Waals surface area contributed by atoms with Gasteiger partial charge < -0.3 is 15.1 Å². The van der Waals surface area contributed by atoms with Gasteiger partial charge >= 0.3 is 5.97 Å². The number of hydrogen-bond acceptors (Lipinski definition) is 5. The zero-order valence-corrected chi connectivity index (χ0v) is 12.3. The van der Waals surface area contributed by atoms with E-state index in [4.69, 9.17) is 0 Å². The maximum atomic E-state index is 11.4. The summed E-state index contributed by atoms with van der Waals surface area (Å²) in [5, 5.41) is 23.2. The summed E-state index contributed by atoms with van der Waals surface area (Å²) in [5.74, 6) is -0.490. The summed E-state index contributed by atoms with van der Waals surface area (Å²) in [7, 11) is -0.825. The van der Waals surface area contributed by atoms with E-state index in [1.54, 1.807) is 0 Å². The number of aromatic carboxylic acids is 1. The van der Waals surface area contributed by atoms with Crippen LogP contribution in [0.1, 0.15) is 23.2 Å². The van der Waals surface area contributed by atoms with Crippen LogP contribution in [0.5, 0.6) is 0 Å². The van der Waals surface area contributed by atoms with Crippen molar-refractivity contribution in [2.24, 2.45) is 0 Å². The Kier molecular flexibility index (Phi) is 3.94. The Bertz CT molecular complexity index is 605. The van der Waals surface area contributed by atoms with E-state index in [0.29, 0.717) is 11.0 Å². The molecule has 6 nitrogen and oxygen atoms in total. The van der Waals surface area contributed by atoms with E-state index in [9.17, 15) is 15.0 Å². The monoisotopic (exact) mass is 307 g/mol. The van der Waals surface area contributed by atoms with Crippen LogP contribution in [0.4, 0.5) is 5.95 Å². The number of hydrogen-bond donors (Lipinski definition) is 3. The zero-order valence-electron chi connectivity index (χ0n) is 11.4. The van der Waals surface area contributed by atoms with Crippen LogP contribution in [0.15, 0.2) is 34.2 Å². The predicted octanol–water partition coefficient (Wildman–Crippen LogP) is 1.54. The number of carbonyl (C=O) groups is 1. The first-order valence-corrected chi connectivity index (χ1v) is 8.30. The van der Waals surface area contributed by atoms with Gasteiger partial charge in [0.1, 0.15) is 10.6 Å². The molecule has 0 aliphatic carbocycles. The molecular formula is C14H17N3O3S. The Morgan fingerprint density at radius 3 is 2.86 bits per heavy atom. The molecule has 0 bridgehead atoms. The lowest BCUT2D eigenvalue weighted by Crippen LogP contribution is -2.33. The maximum Gasteiger partial charge on any atom is 0.339 e. The molecule has 1 fully saturated rings. The van der Waals surface area contributed by atoms with E-state index in [0.717, 1.165) is 19.4 Å².